The van der Waals surface area contributed by atoms with Crippen molar-refractivity contribution in [3.05, 3.63) is 34.2 Å². The third kappa shape index (κ3) is 3.76. The van der Waals surface area contributed by atoms with Crippen LogP contribution in [0.5, 0.6) is 0 Å². The smallest absolute Gasteiger partial charge is 0.313 e. The predicted octanol–water partition coefficient (Wildman–Crippen LogP) is 2.94. The summed E-state index contributed by atoms with van der Waals surface area (Å²) < 4.78 is 3.41. The van der Waals surface area contributed by atoms with Gasteiger partial charge in [-0.1, -0.05) is 38.7 Å². The Bertz CT molecular complexity index is 639. The quantitative estimate of drug-likeness (QED) is 0.759. The molecule has 0 aliphatic heterocycles. The van der Waals surface area contributed by atoms with Crippen LogP contribution in [0.3, 0.4) is 0 Å². The van der Waals surface area contributed by atoms with Crippen molar-refractivity contribution < 1.29 is 0 Å². The van der Waals surface area contributed by atoms with E-state index in [9.17, 15) is 4.79 Å². The maximum atomic E-state index is 11.9. The molecule has 0 fully saturated rings. The molecule has 4 nitrogen and oxygen atoms in total. The molecule has 1 aromatic carbocycles. The van der Waals surface area contributed by atoms with Gasteiger partial charge in [0.25, 0.3) is 0 Å². The fraction of sp³-hybridized carbons (Fsp3) is 0.588. The van der Waals surface area contributed by atoms with Gasteiger partial charge in [-0.25, -0.2) is 4.79 Å². The topological polar surface area (TPSA) is 39.0 Å². The van der Waals surface area contributed by atoms with E-state index in [4.69, 9.17) is 0 Å². The zero-order chi connectivity index (χ0) is 15.2. The van der Waals surface area contributed by atoms with Crippen molar-refractivity contribution in [3.8, 4) is 0 Å². The summed E-state index contributed by atoms with van der Waals surface area (Å²) in [6.07, 6.45) is 6.54. The molecule has 1 N–H and O–H groups in total. The largest absolute Gasteiger partial charge is 0.328 e. The van der Waals surface area contributed by atoms with Gasteiger partial charge in [0, 0.05) is 20.6 Å². The van der Waals surface area contributed by atoms with Crippen LogP contribution in [-0.2, 0) is 20.6 Å². The average Bonchev–Trinajstić information content (AvgIpc) is 2.71. The molecule has 116 valence electrons. The van der Waals surface area contributed by atoms with Gasteiger partial charge in [-0.15, -0.1) is 0 Å². The highest BCUT2D eigenvalue weighted by Crippen LogP contribution is 2.14. The molecule has 0 radical (unpaired) electrons. The van der Waals surface area contributed by atoms with Gasteiger partial charge in [0.05, 0.1) is 11.0 Å². The third-order valence-corrected chi connectivity index (χ3v) is 4.12. The molecular weight excluding hydrogens is 262 g/mol. The Morgan fingerprint density at radius 1 is 1.00 bits per heavy atom. The predicted molar refractivity (Wildman–Crippen MR) is 88.6 cm³/mol. The van der Waals surface area contributed by atoms with Crippen LogP contribution in [0.25, 0.3) is 11.0 Å². The van der Waals surface area contributed by atoms with E-state index in [0.717, 1.165) is 24.1 Å². The van der Waals surface area contributed by atoms with Crippen LogP contribution in [0.15, 0.2) is 23.0 Å². The lowest BCUT2D eigenvalue weighted by Crippen LogP contribution is -2.19. The van der Waals surface area contributed by atoms with Crippen molar-refractivity contribution in [1.29, 1.82) is 0 Å². The van der Waals surface area contributed by atoms with E-state index in [1.54, 1.807) is 9.13 Å². The molecule has 0 bridgehead atoms. The van der Waals surface area contributed by atoms with Crippen molar-refractivity contribution >= 4 is 11.0 Å². The fourth-order valence-electron chi connectivity index (χ4n) is 2.75. The van der Waals surface area contributed by atoms with Crippen molar-refractivity contribution in [3.63, 3.8) is 0 Å². The van der Waals surface area contributed by atoms with Crippen LogP contribution in [0.4, 0.5) is 0 Å². The Labute approximate surface area is 126 Å². The second kappa shape index (κ2) is 7.46. The lowest BCUT2D eigenvalue weighted by atomic mass is 10.1. The van der Waals surface area contributed by atoms with Crippen LogP contribution in [0, 0.1) is 0 Å². The second-order valence-corrected chi connectivity index (χ2v) is 5.81. The Morgan fingerprint density at radius 2 is 1.71 bits per heavy atom. The molecule has 0 spiro atoms. The fourth-order valence-corrected chi connectivity index (χ4v) is 2.75. The number of nitrogens with one attached hydrogen (secondary N) is 1. The molecule has 21 heavy (non-hydrogen) atoms. The summed E-state index contributed by atoms with van der Waals surface area (Å²) >= 11 is 0. The van der Waals surface area contributed by atoms with Crippen LogP contribution < -0.4 is 11.0 Å². The first-order chi connectivity index (χ1) is 10.1. The van der Waals surface area contributed by atoms with Crippen molar-refractivity contribution in [2.45, 2.75) is 45.6 Å². The standard InChI is InChI=1S/C17H27N3O/c1-4-5-6-7-8-11-18-13-14-9-10-15-16(12-14)20(3)17(21)19(15)2/h9-10,12,18H,4-8,11,13H2,1-3H3. The minimum atomic E-state index is 0.0334. The monoisotopic (exact) mass is 289 g/mol. The normalized spacial score (nSPS) is 11.4. The highest BCUT2D eigenvalue weighted by molar-refractivity contribution is 5.76. The van der Waals surface area contributed by atoms with E-state index in [2.05, 4.69) is 24.4 Å². The Morgan fingerprint density at radius 3 is 2.48 bits per heavy atom. The van der Waals surface area contributed by atoms with Crippen LogP contribution >= 0.6 is 0 Å². The molecule has 0 aliphatic carbocycles. The number of benzene rings is 1. The van der Waals surface area contributed by atoms with E-state index in [1.165, 1.54) is 37.7 Å². The Kier molecular flexibility index (Phi) is 5.62. The number of fused-ring (bicyclic) bond motifs is 1. The third-order valence-electron chi connectivity index (χ3n) is 4.12. The van der Waals surface area contributed by atoms with Gasteiger partial charge in [-0.2, -0.15) is 0 Å². The maximum absolute atomic E-state index is 11.9. The summed E-state index contributed by atoms with van der Waals surface area (Å²) in [5.74, 6) is 0. The number of nitrogens with zero attached hydrogens (tertiary/aromatic N) is 2. The Balaban J connectivity index is 1.89. The molecule has 0 saturated heterocycles. The van der Waals surface area contributed by atoms with Gasteiger partial charge in [-0.05, 0) is 30.7 Å². The lowest BCUT2D eigenvalue weighted by Gasteiger charge is -2.06. The summed E-state index contributed by atoms with van der Waals surface area (Å²) in [4.78, 5) is 11.9. The molecule has 4 heteroatoms. The highest BCUT2D eigenvalue weighted by atomic mass is 16.1. The first-order valence-electron chi connectivity index (χ1n) is 8.00. The van der Waals surface area contributed by atoms with Crippen LogP contribution in [0.1, 0.15) is 44.6 Å². The van der Waals surface area contributed by atoms with E-state index >= 15 is 0 Å². The van der Waals surface area contributed by atoms with Crippen LogP contribution in [0.2, 0.25) is 0 Å². The van der Waals surface area contributed by atoms with Crippen molar-refractivity contribution in [1.82, 2.24) is 14.5 Å². The molecule has 1 aromatic heterocycles. The highest BCUT2D eigenvalue weighted by Gasteiger charge is 2.07. The summed E-state index contributed by atoms with van der Waals surface area (Å²) in [6, 6.07) is 6.25. The van der Waals surface area contributed by atoms with Crippen molar-refractivity contribution in [2.75, 3.05) is 6.54 Å². The zero-order valence-corrected chi connectivity index (χ0v) is 13.5. The molecule has 0 unspecified atom stereocenters. The first-order valence-corrected chi connectivity index (χ1v) is 8.00. The van der Waals surface area contributed by atoms with Gasteiger partial charge in [0.15, 0.2) is 0 Å². The summed E-state index contributed by atoms with van der Waals surface area (Å²) in [7, 11) is 3.65. The average molecular weight is 289 g/mol. The van der Waals surface area contributed by atoms with E-state index in [1.807, 2.05) is 20.2 Å². The van der Waals surface area contributed by atoms with Crippen molar-refractivity contribution in [2.24, 2.45) is 14.1 Å². The summed E-state index contributed by atoms with van der Waals surface area (Å²) in [6.45, 7) is 4.17. The number of imidazole rings is 1. The molecule has 2 aromatic rings. The Hall–Kier alpha value is -1.55. The zero-order valence-electron chi connectivity index (χ0n) is 13.5. The van der Waals surface area contributed by atoms with E-state index < -0.39 is 0 Å². The number of aromatic nitrogens is 2. The first kappa shape index (κ1) is 15.8. The molecule has 2 rings (SSSR count). The molecular formula is C17H27N3O. The van der Waals surface area contributed by atoms with Gasteiger partial charge >= 0.3 is 5.69 Å². The maximum Gasteiger partial charge on any atom is 0.328 e. The second-order valence-electron chi connectivity index (χ2n) is 5.81. The molecule has 0 aliphatic rings. The van der Waals surface area contributed by atoms with Gasteiger partial charge in [0.2, 0.25) is 0 Å². The minimum absolute atomic E-state index is 0.0334. The number of unbranched alkanes of at least 4 members (excludes halogenated alkanes) is 4. The molecule has 0 atom stereocenters. The van der Waals surface area contributed by atoms with E-state index in [-0.39, 0.29) is 5.69 Å². The summed E-state index contributed by atoms with van der Waals surface area (Å²) in [5.41, 5.74) is 3.26. The number of hydrogen-bond donors (Lipinski definition) is 1. The van der Waals surface area contributed by atoms with Gasteiger partial charge in [-0.3, -0.25) is 9.13 Å². The van der Waals surface area contributed by atoms with Crippen LogP contribution in [-0.4, -0.2) is 15.7 Å². The number of aryl methyl sites for hydroxylation is 2. The van der Waals surface area contributed by atoms with Gasteiger partial charge in [0.1, 0.15) is 0 Å². The van der Waals surface area contributed by atoms with Gasteiger partial charge < -0.3 is 5.32 Å². The molecule has 1 heterocycles. The summed E-state index contributed by atoms with van der Waals surface area (Å²) in [5, 5.41) is 3.49. The number of hydrogen-bond acceptors (Lipinski definition) is 2. The molecule has 0 saturated carbocycles. The minimum Gasteiger partial charge on any atom is -0.313 e. The van der Waals surface area contributed by atoms with E-state index in [0.29, 0.717) is 0 Å². The number of rotatable bonds is 8. The SMILES string of the molecule is CCCCCCCNCc1ccc2c(c1)n(C)c(=O)n2C. The molecule has 0 amide bonds. The lowest BCUT2D eigenvalue weighted by molar-refractivity contribution is 0.583.